The van der Waals surface area contributed by atoms with Gasteiger partial charge in [0.1, 0.15) is 0 Å². The molecular weight excluding hydrogens is 340 g/mol. The number of nitrogens with one attached hydrogen (secondary N) is 1. The number of ether oxygens (including phenoxy) is 1. The van der Waals surface area contributed by atoms with Crippen LogP contribution < -0.4 is 5.32 Å². The molecule has 1 amide bonds. The zero-order valence-corrected chi connectivity index (χ0v) is 15.3. The molecule has 6 heteroatoms. The highest BCUT2D eigenvalue weighted by Crippen LogP contribution is 2.28. The van der Waals surface area contributed by atoms with E-state index in [0.29, 0.717) is 42.7 Å². The van der Waals surface area contributed by atoms with Gasteiger partial charge in [0, 0.05) is 38.2 Å². The van der Waals surface area contributed by atoms with E-state index in [4.69, 9.17) is 20.8 Å². The van der Waals surface area contributed by atoms with Gasteiger partial charge in [-0.2, -0.15) is 0 Å². The molecule has 1 N–H and O–H groups in total. The fraction of sp³-hybridized carbons (Fsp3) is 0.474. The summed E-state index contributed by atoms with van der Waals surface area (Å²) in [6.45, 7) is 4.24. The molecule has 136 valence electrons. The maximum Gasteiger partial charge on any atom is 0.220 e. The summed E-state index contributed by atoms with van der Waals surface area (Å²) in [6, 6.07) is 7.44. The van der Waals surface area contributed by atoms with Crippen molar-refractivity contribution in [2.45, 2.75) is 39.0 Å². The van der Waals surface area contributed by atoms with E-state index in [9.17, 15) is 4.79 Å². The van der Waals surface area contributed by atoms with E-state index in [0.717, 1.165) is 31.4 Å². The van der Waals surface area contributed by atoms with Crippen LogP contribution in [0.25, 0.3) is 11.3 Å². The molecule has 0 saturated carbocycles. The van der Waals surface area contributed by atoms with E-state index in [2.05, 4.69) is 17.2 Å². The highest BCUT2D eigenvalue weighted by Gasteiger charge is 2.10. The van der Waals surface area contributed by atoms with Crippen molar-refractivity contribution in [1.82, 2.24) is 10.3 Å². The lowest BCUT2D eigenvalue weighted by molar-refractivity contribution is -0.121. The van der Waals surface area contributed by atoms with Crippen LogP contribution in [-0.2, 0) is 16.0 Å². The molecule has 0 bridgehead atoms. The van der Waals surface area contributed by atoms with Gasteiger partial charge in [-0.05, 0) is 25.0 Å². The lowest BCUT2D eigenvalue weighted by Crippen LogP contribution is -2.25. The van der Waals surface area contributed by atoms with Gasteiger partial charge in [0.15, 0.2) is 11.7 Å². The summed E-state index contributed by atoms with van der Waals surface area (Å²) in [5.74, 6) is 1.14. The highest BCUT2D eigenvalue weighted by atomic mass is 35.5. The molecule has 0 aliphatic rings. The Morgan fingerprint density at radius 1 is 1.28 bits per heavy atom. The van der Waals surface area contributed by atoms with E-state index >= 15 is 0 Å². The average molecular weight is 365 g/mol. The third-order valence-electron chi connectivity index (χ3n) is 3.69. The predicted molar refractivity (Wildman–Crippen MR) is 98.6 cm³/mol. The smallest absolute Gasteiger partial charge is 0.220 e. The zero-order valence-electron chi connectivity index (χ0n) is 14.6. The second-order valence-electron chi connectivity index (χ2n) is 5.77. The molecule has 0 aliphatic heterocycles. The maximum absolute atomic E-state index is 11.8. The number of benzene rings is 1. The van der Waals surface area contributed by atoms with E-state index < -0.39 is 0 Å². The molecule has 2 rings (SSSR count). The minimum Gasteiger partial charge on any atom is -0.441 e. The standard InChI is InChI=1S/C19H25ClN2O3/c1-2-3-12-24-13-6-11-21-18(23)9-10-19-22-14-17(25-19)15-7-4-5-8-16(15)20/h4-5,7-8,14H,2-3,6,9-13H2,1H3,(H,21,23). The Balaban J connectivity index is 1.66. The fourth-order valence-electron chi connectivity index (χ4n) is 2.27. The average Bonchev–Trinajstić information content (AvgIpc) is 3.08. The molecule has 0 unspecified atom stereocenters. The number of aryl methyl sites for hydroxylation is 1. The van der Waals surface area contributed by atoms with E-state index in [1.165, 1.54) is 0 Å². The number of oxazole rings is 1. The number of halogens is 1. The van der Waals surface area contributed by atoms with Crippen LogP contribution in [0.5, 0.6) is 0 Å². The first-order valence-electron chi connectivity index (χ1n) is 8.74. The normalized spacial score (nSPS) is 10.8. The number of amides is 1. The molecule has 25 heavy (non-hydrogen) atoms. The zero-order chi connectivity index (χ0) is 17.9. The van der Waals surface area contributed by atoms with Crippen molar-refractivity contribution in [1.29, 1.82) is 0 Å². The first kappa shape index (κ1) is 19.5. The lowest BCUT2D eigenvalue weighted by atomic mass is 10.2. The van der Waals surface area contributed by atoms with Crippen LogP contribution in [0.2, 0.25) is 5.02 Å². The molecule has 1 aromatic carbocycles. The first-order chi connectivity index (χ1) is 12.2. The van der Waals surface area contributed by atoms with E-state index in [1.54, 1.807) is 12.3 Å². The summed E-state index contributed by atoms with van der Waals surface area (Å²) in [5, 5.41) is 3.50. The van der Waals surface area contributed by atoms with Gasteiger partial charge in [-0.25, -0.2) is 4.98 Å². The van der Waals surface area contributed by atoms with Gasteiger partial charge < -0.3 is 14.5 Å². The molecule has 0 spiro atoms. The Hall–Kier alpha value is -1.85. The number of carbonyl (C=O) groups is 1. The number of rotatable bonds is 11. The minimum absolute atomic E-state index is 0.00829. The highest BCUT2D eigenvalue weighted by molar-refractivity contribution is 6.33. The summed E-state index contributed by atoms with van der Waals surface area (Å²) >= 11 is 6.14. The molecule has 0 fully saturated rings. The Labute approximate surface area is 153 Å². The van der Waals surface area contributed by atoms with Crippen LogP contribution in [0.1, 0.15) is 38.5 Å². The summed E-state index contributed by atoms with van der Waals surface area (Å²) < 4.78 is 11.1. The molecule has 5 nitrogen and oxygen atoms in total. The van der Waals surface area contributed by atoms with Crippen molar-refractivity contribution < 1.29 is 13.9 Å². The van der Waals surface area contributed by atoms with Crippen LogP contribution >= 0.6 is 11.6 Å². The number of unbranched alkanes of at least 4 members (excludes halogenated alkanes) is 1. The summed E-state index contributed by atoms with van der Waals surface area (Å²) in [4.78, 5) is 16.1. The molecule has 1 aromatic heterocycles. The van der Waals surface area contributed by atoms with Crippen LogP contribution in [0, 0.1) is 0 Å². The number of hydrogen-bond acceptors (Lipinski definition) is 4. The Kier molecular flexibility index (Phi) is 8.49. The second-order valence-corrected chi connectivity index (χ2v) is 6.17. The quantitative estimate of drug-likeness (QED) is 0.605. The third kappa shape index (κ3) is 6.88. The van der Waals surface area contributed by atoms with Gasteiger partial charge in [0.2, 0.25) is 5.91 Å². The molecule has 2 aromatic rings. The molecule has 0 atom stereocenters. The maximum atomic E-state index is 11.8. The van der Waals surface area contributed by atoms with Crippen molar-refractivity contribution in [3.63, 3.8) is 0 Å². The van der Waals surface area contributed by atoms with Gasteiger partial charge in [0.25, 0.3) is 0 Å². The minimum atomic E-state index is -0.00829. The molecule has 1 heterocycles. The second kappa shape index (κ2) is 10.9. The number of aromatic nitrogens is 1. The van der Waals surface area contributed by atoms with Crippen molar-refractivity contribution in [2.24, 2.45) is 0 Å². The van der Waals surface area contributed by atoms with Crippen molar-refractivity contribution in [3.8, 4) is 11.3 Å². The molecular formula is C19H25ClN2O3. The molecule has 0 aliphatic carbocycles. The fourth-order valence-corrected chi connectivity index (χ4v) is 2.50. The van der Waals surface area contributed by atoms with Gasteiger partial charge in [-0.15, -0.1) is 0 Å². The van der Waals surface area contributed by atoms with Crippen LogP contribution in [0.3, 0.4) is 0 Å². The summed E-state index contributed by atoms with van der Waals surface area (Å²) in [6.07, 6.45) is 5.49. The first-order valence-corrected chi connectivity index (χ1v) is 9.12. The topological polar surface area (TPSA) is 64.4 Å². The predicted octanol–water partition coefficient (Wildman–Crippen LogP) is 4.25. The third-order valence-corrected chi connectivity index (χ3v) is 4.02. The van der Waals surface area contributed by atoms with Crippen LogP contribution in [0.4, 0.5) is 0 Å². The Bertz CT molecular complexity index is 658. The SMILES string of the molecule is CCCCOCCCNC(=O)CCc1ncc(-c2ccccc2Cl)o1. The monoisotopic (exact) mass is 364 g/mol. The molecule has 0 saturated heterocycles. The van der Waals surface area contributed by atoms with Gasteiger partial charge in [-0.1, -0.05) is 37.1 Å². The van der Waals surface area contributed by atoms with Crippen LogP contribution in [-0.4, -0.2) is 30.6 Å². The van der Waals surface area contributed by atoms with Gasteiger partial charge in [-0.3, -0.25) is 4.79 Å². The van der Waals surface area contributed by atoms with Crippen molar-refractivity contribution >= 4 is 17.5 Å². The number of nitrogens with zero attached hydrogens (tertiary/aromatic N) is 1. The van der Waals surface area contributed by atoms with Gasteiger partial charge >= 0.3 is 0 Å². The number of carbonyl (C=O) groups excluding carboxylic acids is 1. The summed E-state index contributed by atoms with van der Waals surface area (Å²) in [7, 11) is 0. The largest absolute Gasteiger partial charge is 0.441 e. The van der Waals surface area contributed by atoms with E-state index in [-0.39, 0.29) is 5.91 Å². The Morgan fingerprint density at radius 3 is 2.88 bits per heavy atom. The van der Waals surface area contributed by atoms with E-state index in [1.807, 2.05) is 18.2 Å². The lowest BCUT2D eigenvalue weighted by Gasteiger charge is -2.05. The van der Waals surface area contributed by atoms with Crippen molar-refractivity contribution in [2.75, 3.05) is 19.8 Å². The van der Waals surface area contributed by atoms with Crippen molar-refractivity contribution in [3.05, 3.63) is 41.4 Å². The van der Waals surface area contributed by atoms with Crippen LogP contribution in [0.15, 0.2) is 34.9 Å². The number of hydrogen-bond donors (Lipinski definition) is 1. The van der Waals surface area contributed by atoms with Gasteiger partial charge in [0.05, 0.1) is 11.2 Å². The molecule has 0 radical (unpaired) electrons. The summed E-state index contributed by atoms with van der Waals surface area (Å²) in [5.41, 5.74) is 0.801. The Morgan fingerprint density at radius 2 is 2.08 bits per heavy atom.